The van der Waals surface area contributed by atoms with Crippen LogP contribution < -0.4 is 22.5 Å². The maximum atomic E-state index is 12.4. The van der Waals surface area contributed by atoms with Crippen molar-refractivity contribution in [2.24, 2.45) is 17.2 Å². The number of carbonyl (C=O) groups is 3. The number of carbonyl (C=O) groups excluding carboxylic acids is 3. The number of amides is 1. The van der Waals surface area contributed by atoms with Gasteiger partial charge in [0.1, 0.15) is 18.8 Å². The van der Waals surface area contributed by atoms with Crippen LogP contribution in [0.15, 0.2) is 0 Å². The summed E-state index contributed by atoms with van der Waals surface area (Å²) in [5, 5.41) is 21.7. The van der Waals surface area contributed by atoms with Crippen molar-refractivity contribution in [3.63, 3.8) is 0 Å². The molecule has 0 aliphatic carbocycles. The first-order chi connectivity index (χ1) is 16.1. The van der Waals surface area contributed by atoms with Crippen molar-refractivity contribution in [3.05, 3.63) is 0 Å². The molecular formula is C21H42N4O9. The van der Waals surface area contributed by atoms with Gasteiger partial charge in [-0.2, -0.15) is 0 Å². The number of nitrogens with one attached hydrogen (secondary N) is 1. The predicted molar refractivity (Wildman–Crippen MR) is 122 cm³/mol. The Kier molecular flexibility index (Phi) is 18.4. The van der Waals surface area contributed by atoms with Crippen LogP contribution in [0, 0.1) is 0 Å². The van der Waals surface area contributed by atoms with Crippen LogP contribution in [-0.2, 0) is 33.3 Å². The third-order valence-electron chi connectivity index (χ3n) is 4.72. The lowest BCUT2D eigenvalue weighted by Gasteiger charge is -2.20. The van der Waals surface area contributed by atoms with E-state index < -0.39 is 61.3 Å². The zero-order valence-electron chi connectivity index (χ0n) is 20.1. The summed E-state index contributed by atoms with van der Waals surface area (Å²) in [6, 6.07) is -2.23. The van der Waals surface area contributed by atoms with Gasteiger partial charge >= 0.3 is 11.9 Å². The fourth-order valence-corrected chi connectivity index (χ4v) is 2.60. The van der Waals surface area contributed by atoms with E-state index >= 15 is 0 Å². The van der Waals surface area contributed by atoms with Crippen molar-refractivity contribution in [3.8, 4) is 0 Å². The summed E-state index contributed by atoms with van der Waals surface area (Å²) in [4.78, 5) is 36.4. The fourth-order valence-electron chi connectivity index (χ4n) is 2.60. The number of methoxy groups -OCH3 is 1. The largest absolute Gasteiger partial charge is 0.469 e. The zero-order chi connectivity index (χ0) is 25.9. The highest BCUT2D eigenvalue weighted by Crippen LogP contribution is 2.05. The SMILES string of the molecule is CCC(O)COCCOCC(O)COC(=O)C(CC(=O)OC)NC(=O)C(N)CCCCC(N)N. The van der Waals surface area contributed by atoms with Crippen molar-refractivity contribution in [1.29, 1.82) is 0 Å². The summed E-state index contributed by atoms with van der Waals surface area (Å²) in [5.74, 6) is -2.28. The lowest BCUT2D eigenvalue weighted by Crippen LogP contribution is -2.50. The minimum atomic E-state index is -1.32. The van der Waals surface area contributed by atoms with E-state index in [1.807, 2.05) is 6.92 Å². The van der Waals surface area contributed by atoms with Gasteiger partial charge in [0.25, 0.3) is 0 Å². The maximum Gasteiger partial charge on any atom is 0.329 e. The van der Waals surface area contributed by atoms with Gasteiger partial charge in [-0.05, 0) is 19.3 Å². The molecule has 0 aliphatic heterocycles. The molecule has 0 saturated carbocycles. The minimum Gasteiger partial charge on any atom is -0.469 e. The Labute approximate surface area is 200 Å². The van der Waals surface area contributed by atoms with Crippen molar-refractivity contribution < 1.29 is 43.5 Å². The molecule has 0 radical (unpaired) electrons. The van der Waals surface area contributed by atoms with Crippen LogP contribution in [0.5, 0.6) is 0 Å². The molecule has 34 heavy (non-hydrogen) atoms. The highest BCUT2D eigenvalue weighted by Gasteiger charge is 2.28. The quantitative estimate of drug-likeness (QED) is 0.0607. The number of hydrogen-bond donors (Lipinski definition) is 6. The summed E-state index contributed by atoms with van der Waals surface area (Å²) >= 11 is 0. The van der Waals surface area contributed by atoms with Gasteiger partial charge in [-0.25, -0.2) is 4.79 Å². The Morgan fingerprint density at radius 3 is 2.06 bits per heavy atom. The van der Waals surface area contributed by atoms with Gasteiger partial charge in [-0.3, -0.25) is 9.59 Å². The molecule has 200 valence electrons. The standard InChI is InChI=1S/C21H42N4O9/c1-3-14(26)11-32-8-9-33-12-15(27)13-34-21(30)17(10-19(28)31-2)25-20(29)16(22)6-4-5-7-18(23)24/h14-18,26-27H,3-13,22-24H2,1-2H3,(H,25,29). The van der Waals surface area contributed by atoms with Gasteiger partial charge in [0, 0.05) is 0 Å². The second-order valence-electron chi connectivity index (χ2n) is 7.89. The molecule has 0 fully saturated rings. The molecule has 0 aliphatic rings. The number of ether oxygens (including phenoxy) is 4. The molecule has 0 aromatic rings. The van der Waals surface area contributed by atoms with Crippen molar-refractivity contribution in [2.75, 3.05) is 40.1 Å². The van der Waals surface area contributed by atoms with Crippen LogP contribution >= 0.6 is 0 Å². The van der Waals surface area contributed by atoms with Crippen LogP contribution in [0.2, 0.25) is 0 Å². The molecule has 13 nitrogen and oxygen atoms in total. The van der Waals surface area contributed by atoms with Crippen LogP contribution in [0.1, 0.15) is 45.4 Å². The van der Waals surface area contributed by atoms with E-state index in [0.717, 1.165) is 7.11 Å². The normalized spacial score (nSPS) is 14.8. The summed E-state index contributed by atoms with van der Waals surface area (Å²) in [6.07, 6.45) is 0.271. The van der Waals surface area contributed by atoms with E-state index in [2.05, 4.69) is 10.1 Å². The smallest absolute Gasteiger partial charge is 0.329 e. The molecule has 4 atom stereocenters. The number of aliphatic hydroxyl groups excluding tert-OH is 2. The fraction of sp³-hybridized carbons (Fsp3) is 0.857. The Bertz CT molecular complexity index is 580. The molecule has 13 heteroatoms. The van der Waals surface area contributed by atoms with E-state index in [-0.39, 0.29) is 26.4 Å². The van der Waals surface area contributed by atoms with Crippen molar-refractivity contribution >= 4 is 17.8 Å². The van der Waals surface area contributed by atoms with E-state index in [4.69, 9.17) is 31.4 Å². The summed E-state index contributed by atoms with van der Waals surface area (Å²) in [7, 11) is 1.15. The van der Waals surface area contributed by atoms with E-state index in [1.165, 1.54) is 0 Å². The number of nitrogens with two attached hydrogens (primary N) is 3. The number of unbranched alkanes of at least 4 members (excludes halogenated alkanes) is 1. The Balaban J connectivity index is 4.44. The van der Waals surface area contributed by atoms with Crippen LogP contribution in [-0.4, -0.2) is 98.7 Å². The Hall–Kier alpha value is -1.87. The highest BCUT2D eigenvalue weighted by molar-refractivity contribution is 5.90. The van der Waals surface area contributed by atoms with Gasteiger partial charge in [0.05, 0.1) is 58.3 Å². The van der Waals surface area contributed by atoms with Gasteiger partial charge in [-0.15, -0.1) is 0 Å². The van der Waals surface area contributed by atoms with Crippen molar-refractivity contribution in [2.45, 2.75) is 75.9 Å². The second-order valence-corrected chi connectivity index (χ2v) is 7.89. The zero-order valence-corrected chi connectivity index (χ0v) is 20.1. The molecular weight excluding hydrogens is 452 g/mol. The monoisotopic (exact) mass is 494 g/mol. The highest BCUT2D eigenvalue weighted by atomic mass is 16.6. The first kappa shape index (κ1) is 32.1. The Morgan fingerprint density at radius 1 is 0.912 bits per heavy atom. The van der Waals surface area contributed by atoms with Gasteiger partial charge in [0.2, 0.25) is 5.91 Å². The molecule has 0 rings (SSSR count). The van der Waals surface area contributed by atoms with E-state index in [9.17, 15) is 24.6 Å². The molecule has 0 bridgehead atoms. The van der Waals surface area contributed by atoms with Crippen LogP contribution in [0.25, 0.3) is 0 Å². The molecule has 0 aromatic carbocycles. The maximum absolute atomic E-state index is 12.4. The average molecular weight is 495 g/mol. The van der Waals surface area contributed by atoms with Gasteiger partial charge in [-0.1, -0.05) is 19.8 Å². The predicted octanol–water partition coefficient (Wildman–Crippen LogP) is -2.13. The molecule has 9 N–H and O–H groups in total. The van der Waals surface area contributed by atoms with Gasteiger partial charge in [0.15, 0.2) is 0 Å². The van der Waals surface area contributed by atoms with E-state index in [1.54, 1.807) is 0 Å². The van der Waals surface area contributed by atoms with Crippen LogP contribution in [0.3, 0.4) is 0 Å². The minimum absolute atomic E-state index is 0.127. The number of hydrogen-bond acceptors (Lipinski definition) is 12. The van der Waals surface area contributed by atoms with Crippen molar-refractivity contribution in [1.82, 2.24) is 5.32 Å². The number of aliphatic hydroxyl groups is 2. The van der Waals surface area contributed by atoms with Gasteiger partial charge < -0.3 is 51.7 Å². The third kappa shape index (κ3) is 16.7. The molecule has 0 saturated heterocycles. The Morgan fingerprint density at radius 2 is 1.50 bits per heavy atom. The lowest BCUT2D eigenvalue weighted by molar-refractivity contribution is -0.155. The first-order valence-corrected chi connectivity index (χ1v) is 11.4. The summed E-state index contributed by atoms with van der Waals surface area (Å²) in [6.45, 7) is 1.90. The topological polar surface area (TPSA) is 219 Å². The number of esters is 2. The second kappa shape index (κ2) is 19.4. The molecule has 4 unspecified atom stereocenters. The molecule has 0 spiro atoms. The van der Waals surface area contributed by atoms with E-state index in [0.29, 0.717) is 32.1 Å². The van der Waals surface area contributed by atoms with Crippen LogP contribution in [0.4, 0.5) is 0 Å². The summed E-state index contributed by atoms with van der Waals surface area (Å²) in [5.41, 5.74) is 16.8. The molecule has 0 aromatic heterocycles. The summed E-state index contributed by atoms with van der Waals surface area (Å²) < 4.78 is 20.0. The molecule has 1 amide bonds. The third-order valence-corrected chi connectivity index (χ3v) is 4.72. The number of rotatable bonds is 20. The first-order valence-electron chi connectivity index (χ1n) is 11.4. The lowest BCUT2D eigenvalue weighted by atomic mass is 10.1. The molecule has 0 heterocycles. The average Bonchev–Trinajstić information content (AvgIpc) is 2.81.